The van der Waals surface area contributed by atoms with Crippen molar-refractivity contribution in [2.45, 2.75) is 51.9 Å². The fourth-order valence-corrected chi connectivity index (χ4v) is 4.31. The van der Waals surface area contributed by atoms with Gasteiger partial charge in [-0.05, 0) is 55.4 Å². The third-order valence-corrected chi connectivity index (χ3v) is 5.45. The predicted molar refractivity (Wildman–Crippen MR) is 94.7 cm³/mol. The molecular weight excluding hydrogens is 303 g/mol. The maximum absolute atomic E-state index is 14.8. The highest BCUT2D eigenvalue weighted by Gasteiger charge is 2.38. The molecule has 24 heavy (non-hydrogen) atoms. The van der Waals surface area contributed by atoms with Crippen LogP contribution >= 0.6 is 0 Å². The number of hydrogen-bond donors (Lipinski definition) is 1. The first-order valence-corrected chi connectivity index (χ1v) is 9.40. The molecule has 1 unspecified atom stereocenters. The summed E-state index contributed by atoms with van der Waals surface area (Å²) in [6.07, 6.45) is 5.26. The van der Waals surface area contributed by atoms with E-state index in [0.29, 0.717) is 13.1 Å². The van der Waals surface area contributed by atoms with Gasteiger partial charge in [0.1, 0.15) is 5.82 Å². The second-order valence-corrected chi connectivity index (χ2v) is 7.33. The molecule has 2 aliphatic rings. The summed E-state index contributed by atoms with van der Waals surface area (Å²) >= 11 is 0. The topological polar surface area (TPSA) is 32.3 Å². The van der Waals surface area contributed by atoms with Gasteiger partial charge in [0.2, 0.25) is 5.91 Å². The van der Waals surface area contributed by atoms with Crippen molar-refractivity contribution in [2.75, 3.05) is 26.2 Å². The Morgan fingerprint density at radius 3 is 2.71 bits per heavy atom. The Hall–Kier alpha value is -1.42. The van der Waals surface area contributed by atoms with Crippen molar-refractivity contribution in [3.63, 3.8) is 0 Å². The highest BCUT2D eigenvalue weighted by atomic mass is 19.1. The van der Waals surface area contributed by atoms with Gasteiger partial charge in [0.15, 0.2) is 0 Å². The quantitative estimate of drug-likeness (QED) is 0.916. The Morgan fingerprint density at radius 1 is 1.25 bits per heavy atom. The second-order valence-electron chi connectivity index (χ2n) is 7.33. The molecule has 2 fully saturated rings. The van der Waals surface area contributed by atoms with E-state index < -0.39 is 0 Å². The van der Waals surface area contributed by atoms with Crippen molar-refractivity contribution < 1.29 is 9.18 Å². The van der Waals surface area contributed by atoms with Gasteiger partial charge in [0.05, 0.1) is 5.92 Å². The highest BCUT2D eigenvalue weighted by Crippen LogP contribution is 2.35. The molecule has 2 atom stereocenters. The SMILES string of the molecule is CCCc1cc(C)cc(F)c1[C@@H]1CNCC1C(=O)N1CCCCC1. The van der Waals surface area contributed by atoms with Gasteiger partial charge in [-0.15, -0.1) is 0 Å². The zero-order chi connectivity index (χ0) is 17.1. The summed E-state index contributed by atoms with van der Waals surface area (Å²) in [4.78, 5) is 15.0. The van der Waals surface area contributed by atoms with E-state index in [9.17, 15) is 9.18 Å². The Morgan fingerprint density at radius 2 is 2.00 bits per heavy atom. The molecule has 0 bridgehead atoms. The third kappa shape index (κ3) is 3.49. The van der Waals surface area contributed by atoms with Gasteiger partial charge < -0.3 is 10.2 Å². The predicted octanol–water partition coefficient (Wildman–Crippen LogP) is 3.40. The summed E-state index contributed by atoms with van der Waals surface area (Å²) in [6, 6.07) is 3.72. The lowest BCUT2D eigenvalue weighted by atomic mass is 9.83. The van der Waals surface area contributed by atoms with Crippen LogP contribution in [0.2, 0.25) is 0 Å². The first kappa shape index (κ1) is 17.4. The van der Waals surface area contributed by atoms with E-state index in [-0.39, 0.29) is 23.6 Å². The van der Waals surface area contributed by atoms with Gasteiger partial charge in [-0.2, -0.15) is 0 Å². The number of amides is 1. The van der Waals surface area contributed by atoms with Crippen LogP contribution in [0.1, 0.15) is 55.2 Å². The van der Waals surface area contributed by atoms with Gasteiger partial charge in [0.25, 0.3) is 0 Å². The Kier molecular flexibility index (Phi) is 5.54. The van der Waals surface area contributed by atoms with Gasteiger partial charge in [-0.25, -0.2) is 4.39 Å². The number of likely N-dealkylation sites (tertiary alicyclic amines) is 1. The Balaban J connectivity index is 1.89. The van der Waals surface area contributed by atoms with Crippen LogP contribution < -0.4 is 5.32 Å². The fourth-order valence-electron chi connectivity index (χ4n) is 4.31. The van der Waals surface area contributed by atoms with Crippen molar-refractivity contribution in [1.29, 1.82) is 0 Å². The molecule has 2 saturated heterocycles. The Labute approximate surface area is 144 Å². The molecule has 0 aliphatic carbocycles. The lowest BCUT2D eigenvalue weighted by Crippen LogP contribution is -2.41. The second kappa shape index (κ2) is 7.64. The minimum Gasteiger partial charge on any atom is -0.342 e. The third-order valence-electron chi connectivity index (χ3n) is 5.45. The van der Waals surface area contributed by atoms with Crippen molar-refractivity contribution in [1.82, 2.24) is 10.2 Å². The number of halogens is 1. The molecule has 0 aromatic heterocycles. The molecule has 3 rings (SSSR count). The molecular formula is C20H29FN2O. The average molecular weight is 332 g/mol. The van der Waals surface area contributed by atoms with Crippen LogP contribution in [0.5, 0.6) is 0 Å². The number of hydrogen-bond acceptors (Lipinski definition) is 2. The molecule has 132 valence electrons. The minimum absolute atomic E-state index is 0.0402. The van der Waals surface area contributed by atoms with Crippen LogP contribution in [-0.2, 0) is 11.2 Å². The van der Waals surface area contributed by atoms with E-state index >= 15 is 0 Å². The average Bonchev–Trinajstić information content (AvgIpc) is 3.04. The zero-order valence-corrected chi connectivity index (χ0v) is 14.9. The van der Waals surface area contributed by atoms with E-state index in [0.717, 1.165) is 55.5 Å². The number of rotatable bonds is 4. The van der Waals surface area contributed by atoms with Gasteiger partial charge >= 0.3 is 0 Å². The lowest BCUT2D eigenvalue weighted by molar-refractivity contribution is -0.136. The van der Waals surface area contributed by atoms with Gasteiger partial charge in [-0.3, -0.25) is 4.79 Å². The van der Waals surface area contributed by atoms with Crippen LogP contribution in [0.25, 0.3) is 0 Å². The molecule has 2 heterocycles. The first-order chi connectivity index (χ1) is 11.6. The summed E-state index contributed by atoms with van der Waals surface area (Å²) < 4.78 is 14.8. The molecule has 0 spiro atoms. The fraction of sp³-hybridized carbons (Fsp3) is 0.650. The van der Waals surface area contributed by atoms with Crippen molar-refractivity contribution in [2.24, 2.45) is 5.92 Å². The summed E-state index contributed by atoms with van der Waals surface area (Å²) in [5.41, 5.74) is 2.83. The summed E-state index contributed by atoms with van der Waals surface area (Å²) in [7, 11) is 0. The normalized spacial score (nSPS) is 24.4. The largest absolute Gasteiger partial charge is 0.342 e. The lowest BCUT2D eigenvalue weighted by Gasteiger charge is -2.31. The molecule has 0 radical (unpaired) electrons. The van der Waals surface area contributed by atoms with E-state index in [4.69, 9.17) is 0 Å². The molecule has 0 saturated carbocycles. The molecule has 1 N–H and O–H groups in total. The molecule has 1 aromatic carbocycles. The maximum Gasteiger partial charge on any atom is 0.227 e. The molecule has 3 nitrogen and oxygen atoms in total. The van der Waals surface area contributed by atoms with E-state index in [1.165, 1.54) is 6.42 Å². The maximum atomic E-state index is 14.8. The van der Waals surface area contributed by atoms with Gasteiger partial charge in [0, 0.05) is 32.1 Å². The summed E-state index contributed by atoms with van der Waals surface area (Å²) in [5.74, 6) is -0.0896. The summed E-state index contributed by atoms with van der Waals surface area (Å²) in [6.45, 7) is 7.14. The zero-order valence-electron chi connectivity index (χ0n) is 14.9. The monoisotopic (exact) mass is 332 g/mol. The van der Waals surface area contributed by atoms with E-state index in [2.05, 4.69) is 18.3 Å². The minimum atomic E-state index is -0.136. The van der Waals surface area contributed by atoms with E-state index in [1.807, 2.05) is 11.8 Å². The standard InChI is InChI=1S/C20H29FN2O/c1-3-7-15-10-14(2)11-18(21)19(15)16-12-22-13-17(16)20(24)23-8-5-4-6-9-23/h10-11,16-17,22H,3-9,12-13H2,1-2H3/t16-,17?/m1/s1. The van der Waals surface area contributed by atoms with Crippen LogP contribution in [0.4, 0.5) is 4.39 Å². The molecule has 2 aliphatic heterocycles. The molecule has 4 heteroatoms. The smallest absolute Gasteiger partial charge is 0.227 e. The number of carbonyl (C=O) groups excluding carboxylic acids is 1. The molecule has 1 aromatic rings. The number of piperidine rings is 1. The van der Waals surface area contributed by atoms with Crippen LogP contribution in [0.15, 0.2) is 12.1 Å². The van der Waals surface area contributed by atoms with Crippen molar-refractivity contribution in [3.05, 3.63) is 34.6 Å². The number of benzene rings is 1. The van der Waals surface area contributed by atoms with Crippen LogP contribution in [0.3, 0.4) is 0 Å². The first-order valence-electron chi connectivity index (χ1n) is 9.40. The summed E-state index contributed by atoms with van der Waals surface area (Å²) in [5, 5.41) is 3.34. The van der Waals surface area contributed by atoms with Crippen molar-refractivity contribution in [3.8, 4) is 0 Å². The van der Waals surface area contributed by atoms with Crippen molar-refractivity contribution >= 4 is 5.91 Å². The number of carbonyl (C=O) groups is 1. The van der Waals surface area contributed by atoms with Crippen LogP contribution in [-0.4, -0.2) is 37.0 Å². The van der Waals surface area contributed by atoms with Gasteiger partial charge in [-0.1, -0.05) is 19.4 Å². The van der Waals surface area contributed by atoms with E-state index in [1.54, 1.807) is 6.07 Å². The molecule has 1 amide bonds. The number of nitrogens with zero attached hydrogens (tertiary/aromatic N) is 1. The highest BCUT2D eigenvalue weighted by molar-refractivity contribution is 5.81. The number of nitrogens with one attached hydrogen (secondary N) is 1. The van der Waals surface area contributed by atoms with Crippen LogP contribution in [0, 0.1) is 18.7 Å². The number of aryl methyl sites for hydroxylation is 2. The Bertz CT molecular complexity index is 596.